The molecule has 0 aromatic heterocycles. The van der Waals surface area contributed by atoms with Gasteiger partial charge in [-0.15, -0.1) is 0 Å². The number of unbranched alkanes of at least 4 members (excludes halogenated alkanes) is 2. The SMILES string of the molecule is CC(C)(CCCCC(CO)CCCCC1(CO)CC1)CC(=O)O. The largest absolute Gasteiger partial charge is 0.481 e. The molecule has 1 aliphatic rings. The Labute approximate surface area is 141 Å². The highest BCUT2D eigenvalue weighted by atomic mass is 16.4. The molecule has 4 heteroatoms. The number of carboxylic acid groups (broad SMARTS) is 1. The van der Waals surface area contributed by atoms with Crippen molar-refractivity contribution in [2.75, 3.05) is 13.2 Å². The molecule has 136 valence electrons. The smallest absolute Gasteiger partial charge is 0.303 e. The summed E-state index contributed by atoms with van der Waals surface area (Å²) in [7, 11) is 0. The second-order valence-corrected chi connectivity index (χ2v) is 8.43. The average molecular weight is 328 g/mol. The van der Waals surface area contributed by atoms with E-state index in [1.807, 2.05) is 13.8 Å². The number of carboxylic acids is 1. The summed E-state index contributed by atoms with van der Waals surface area (Å²) in [6, 6.07) is 0. The third-order valence-corrected chi connectivity index (χ3v) is 5.47. The summed E-state index contributed by atoms with van der Waals surface area (Å²) in [4.78, 5) is 10.8. The summed E-state index contributed by atoms with van der Waals surface area (Å²) >= 11 is 0. The Morgan fingerprint density at radius 2 is 1.70 bits per heavy atom. The molecule has 0 spiro atoms. The Morgan fingerprint density at radius 1 is 1.09 bits per heavy atom. The van der Waals surface area contributed by atoms with E-state index in [4.69, 9.17) is 5.11 Å². The van der Waals surface area contributed by atoms with Gasteiger partial charge >= 0.3 is 5.97 Å². The second-order valence-electron chi connectivity index (χ2n) is 8.43. The molecule has 1 rings (SSSR count). The zero-order chi connectivity index (χ0) is 17.3. The Balaban J connectivity index is 2.08. The number of hydrogen-bond acceptors (Lipinski definition) is 3. The number of aliphatic hydroxyl groups is 2. The lowest BCUT2D eigenvalue weighted by Gasteiger charge is -2.22. The van der Waals surface area contributed by atoms with Crippen molar-refractivity contribution in [1.29, 1.82) is 0 Å². The number of hydrogen-bond donors (Lipinski definition) is 3. The molecule has 0 aromatic rings. The maximum absolute atomic E-state index is 10.8. The Hall–Kier alpha value is -0.610. The molecule has 0 aliphatic heterocycles. The maximum Gasteiger partial charge on any atom is 0.303 e. The lowest BCUT2D eigenvalue weighted by Crippen LogP contribution is -2.16. The van der Waals surface area contributed by atoms with E-state index in [0.29, 0.717) is 12.5 Å². The van der Waals surface area contributed by atoms with Crippen LogP contribution in [0, 0.1) is 16.7 Å². The van der Waals surface area contributed by atoms with Crippen LogP contribution in [-0.2, 0) is 4.79 Å². The second kappa shape index (κ2) is 9.63. The van der Waals surface area contributed by atoms with Crippen molar-refractivity contribution in [3.8, 4) is 0 Å². The Kier molecular flexibility index (Phi) is 8.56. The van der Waals surface area contributed by atoms with Crippen molar-refractivity contribution in [3.63, 3.8) is 0 Å². The standard InChI is InChI=1S/C19H36O4/c1-18(2,13-17(22)23)9-5-3-7-16(14-20)8-4-6-10-19(15-21)11-12-19/h16,20-21H,3-15H2,1-2H3,(H,22,23). The molecule has 0 aromatic carbocycles. The van der Waals surface area contributed by atoms with Gasteiger partial charge in [0, 0.05) is 13.2 Å². The highest BCUT2D eigenvalue weighted by molar-refractivity contribution is 5.67. The van der Waals surface area contributed by atoms with Crippen LogP contribution in [0.5, 0.6) is 0 Å². The van der Waals surface area contributed by atoms with E-state index < -0.39 is 5.97 Å². The minimum absolute atomic E-state index is 0.135. The van der Waals surface area contributed by atoms with E-state index in [9.17, 15) is 15.0 Å². The van der Waals surface area contributed by atoms with Gasteiger partial charge in [0.15, 0.2) is 0 Å². The van der Waals surface area contributed by atoms with Gasteiger partial charge in [0.2, 0.25) is 0 Å². The molecule has 0 radical (unpaired) electrons. The fraction of sp³-hybridized carbons (Fsp3) is 0.947. The van der Waals surface area contributed by atoms with E-state index >= 15 is 0 Å². The van der Waals surface area contributed by atoms with Gasteiger partial charge in [-0.05, 0) is 55.3 Å². The molecule has 3 N–H and O–H groups in total. The monoisotopic (exact) mass is 328 g/mol. The van der Waals surface area contributed by atoms with E-state index in [2.05, 4.69) is 0 Å². The van der Waals surface area contributed by atoms with Gasteiger partial charge in [0.05, 0.1) is 6.42 Å². The van der Waals surface area contributed by atoms with Crippen LogP contribution in [0.15, 0.2) is 0 Å². The molecule has 4 nitrogen and oxygen atoms in total. The van der Waals surface area contributed by atoms with Gasteiger partial charge in [-0.3, -0.25) is 4.79 Å². The van der Waals surface area contributed by atoms with Crippen molar-refractivity contribution >= 4 is 5.97 Å². The van der Waals surface area contributed by atoms with E-state index in [1.165, 1.54) is 12.8 Å². The van der Waals surface area contributed by atoms with Gasteiger partial charge in [0.25, 0.3) is 0 Å². The van der Waals surface area contributed by atoms with Crippen LogP contribution in [0.4, 0.5) is 0 Å². The van der Waals surface area contributed by atoms with Crippen molar-refractivity contribution in [2.45, 2.75) is 84.5 Å². The zero-order valence-electron chi connectivity index (χ0n) is 15.0. The number of aliphatic hydroxyl groups excluding tert-OH is 2. The van der Waals surface area contributed by atoms with Crippen LogP contribution in [-0.4, -0.2) is 34.5 Å². The van der Waals surface area contributed by atoms with Crippen LogP contribution in [0.1, 0.15) is 84.5 Å². The first-order valence-corrected chi connectivity index (χ1v) is 9.26. The lowest BCUT2D eigenvalue weighted by atomic mass is 9.83. The van der Waals surface area contributed by atoms with Crippen molar-refractivity contribution < 1.29 is 20.1 Å². The van der Waals surface area contributed by atoms with Crippen LogP contribution in [0.3, 0.4) is 0 Å². The zero-order valence-corrected chi connectivity index (χ0v) is 15.0. The van der Waals surface area contributed by atoms with Gasteiger partial charge in [-0.2, -0.15) is 0 Å². The summed E-state index contributed by atoms with van der Waals surface area (Å²) < 4.78 is 0. The molecule has 0 saturated heterocycles. The van der Waals surface area contributed by atoms with E-state index in [-0.39, 0.29) is 23.9 Å². The lowest BCUT2D eigenvalue weighted by molar-refractivity contribution is -0.139. The molecule has 23 heavy (non-hydrogen) atoms. The third-order valence-electron chi connectivity index (χ3n) is 5.47. The minimum atomic E-state index is -0.723. The molecule has 1 unspecified atom stereocenters. The van der Waals surface area contributed by atoms with E-state index in [1.54, 1.807) is 0 Å². The molecule has 0 amide bonds. The maximum atomic E-state index is 10.8. The summed E-state index contributed by atoms with van der Waals surface area (Å²) in [6.07, 6.45) is 11.1. The molecule has 0 bridgehead atoms. The normalized spacial score (nSPS) is 17.9. The summed E-state index contributed by atoms with van der Waals surface area (Å²) in [5, 5.41) is 27.7. The highest BCUT2D eigenvalue weighted by Crippen LogP contribution is 2.49. The Morgan fingerprint density at radius 3 is 2.17 bits per heavy atom. The fourth-order valence-electron chi connectivity index (χ4n) is 3.46. The predicted molar refractivity (Wildman–Crippen MR) is 92.3 cm³/mol. The first kappa shape index (κ1) is 20.4. The topological polar surface area (TPSA) is 77.8 Å². The molecular weight excluding hydrogens is 292 g/mol. The van der Waals surface area contributed by atoms with E-state index in [0.717, 1.165) is 51.4 Å². The molecular formula is C19H36O4. The Bertz CT molecular complexity index is 347. The van der Waals surface area contributed by atoms with Gasteiger partial charge < -0.3 is 15.3 Å². The molecule has 1 fully saturated rings. The fourth-order valence-corrected chi connectivity index (χ4v) is 3.46. The number of aliphatic carboxylic acids is 1. The quantitative estimate of drug-likeness (QED) is 0.421. The van der Waals surface area contributed by atoms with Crippen molar-refractivity contribution in [3.05, 3.63) is 0 Å². The van der Waals surface area contributed by atoms with Crippen LogP contribution in [0.25, 0.3) is 0 Å². The van der Waals surface area contributed by atoms with Gasteiger partial charge in [-0.1, -0.05) is 39.5 Å². The molecule has 1 atom stereocenters. The molecule has 0 heterocycles. The first-order valence-electron chi connectivity index (χ1n) is 9.26. The first-order chi connectivity index (χ1) is 10.8. The van der Waals surface area contributed by atoms with Crippen molar-refractivity contribution in [2.24, 2.45) is 16.7 Å². The predicted octanol–water partition coefficient (Wildman–Crippen LogP) is 3.99. The van der Waals surface area contributed by atoms with Crippen LogP contribution in [0.2, 0.25) is 0 Å². The highest BCUT2D eigenvalue weighted by Gasteiger charge is 2.40. The van der Waals surface area contributed by atoms with Gasteiger partial charge in [-0.25, -0.2) is 0 Å². The van der Waals surface area contributed by atoms with Crippen LogP contribution < -0.4 is 0 Å². The minimum Gasteiger partial charge on any atom is -0.481 e. The number of rotatable bonds is 14. The van der Waals surface area contributed by atoms with Gasteiger partial charge in [0.1, 0.15) is 0 Å². The summed E-state index contributed by atoms with van der Waals surface area (Å²) in [6.45, 7) is 4.62. The summed E-state index contributed by atoms with van der Waals surface area (Å²) in [5.41, 5.74) is 0.119. The molecule has 1 aliphatic carbocycles. The average Bonchev–Trinajstić information content (AvgIpc) is 3.24. The summed E-state index contributed by atoms with van der Waals surface area (Å²) in [5.74, 6) is -0.346. The third kappa shape index (κ3) is 8.71. The number of carbonyl (C=O) groups is 1. The van der Waals surface area contributed by atoms with Crippen molar-refractivity contribution in [1.82, 2.24) is 0 Å². The van der Waals surface area contributed by atoms with Crippen LogP contribution >= 0.6 is 0 Å². The molecule has 1 saturated carbocycles.